The molecule has 160 valence electrons. The number of pyridine rings is 1. The summed E-state index contributed by atoms with van der Waals surface area (Å²) >= 11 is 0. The second kappa shape index (κ2) is 9.07. The Balaban J connectivity index is 1.61. The highest BCUT2D eigenvalue weighted by molar-refractivity contribution is 5.77. The van der Waals surface area contributed by atoms with Crippen molar-refractivity contribution in [3.8, 4) is 28.8 Å². The van der Waals surface area contributed by atoms with Crippen LogP contribution in [0.2, 0.25) is 0 Å². The zero-order valence-electron chi connectivity index (χ0n) is 17.6. The third kappa shape index (κ3) is 4.19. The minimum atomic E-state index is -0.180. The molecule has 3 heterocycles. The van der Waals surface area contributed by atoms with Crippen LogP contribution in [0.3, 0.4) is 0 Å². The molecule has 10 nitrogen and oxygen atoms in total. The summed E-state index contributed by atoms with van der Waals surface area (Å²) in [6.07, 6.45) is 1.45. The Hall–Kier alpha value is -3.55. The molecule has 0 N–H and O–H groups in total. The van der Waals surface area contributed by atoms with Crippen LogP contribution >= 0.6 is 0 Å². The summed E-state index contributed by atoms with van der Waals surface area (Å²) < 4.78 is 18.3. The van der Waals surface area contributed by atoms with E-state index in [4.69, 9.17) is 14.2 Å². The fourth-order valence-electron chi connectivity index (χ4n) is 3.76. The van der Waals surface area contributed by atoms with Gasteiger partial charge in [-0.05, 0) is 34.2 Å². The van der Waals surface area contributed by atoms with Crippen molar-refractivity contribution in [2.24, 2.45) is 7.05 Å². The molecule has 0 spiro atoms. The predicted octanol–water partition coefficient (Wildman–Crippen LogP) is 1.73. The molecule has 1 atom stereocenters. The van der Waals surface area contributed by atoms with Crippen molar-refractivity contribution >= 4 is 0 Å². The van der Waals surface area contributed by atoms with E-state index in [2.05, 4.69) is 31.5 Å². The van der Waals surface area contributed by atoms with Gasteiger partial charge in [-0.2, -0.15) is 5.26 Å². The summed E-state index contributed by atoms with van der Waals surface area (Å²) in [5, 5.41) is 21.4. The van der Waals surface area contributed by atoms with E-state index in [-0.39, 0.29) is 6.10 Å². The standard InChI is InChI=1S/C21H23N7O3/c1-27-20(24-25-26-27)19-13-28(8-9-31-19)12-14-4-5-18(29-2)16(10-14)15-6-7-23-21(30-3)17(15)11-22/h4-7,10,19H,8-9,12-13H2,1-3H3. The van der Waals surface area contributed by atoms with E-state index in [9.17, 15) is 5.26 Å². The average molecular weight is 421 g/mol. The molecule has 4 rings (SSSR count). The SMILES string of the molecule is COc1ccc(CN2CCOC(c3nnnn3C)C2)cc1-c1ccnc(OC)c1C#N. The zero-order valence-corrected chi connectivity index (χ0v) is 17.6. The van der Waals surface area contributed by atoms with Crippen LogP contribution in [0.1, 0.15) is 23.1 Å². The third-order valence-electron chi connectivity index (χ3n) is 5.27. The number of hydrogen-bond acceptors (Lipinski definition) is 9. The lowest BCUT2D eigenvalue weighted by molar-refractivity contribution is -0.0388. The number of benzene rings is 1. The molecule has 31 heavy (non-hydrogen) atoms. The molecule has 1 fully saturated rings. The van der Waals surface area contributed by atoms with Crippen molar-refractivity contribution in [1.29, 1.82) is 5.26 Å². The van der Waals surface area contributed by atoms with Gasteiger partial charge in [0.25, 0.3) is 0 Å². The van der Waals surface area contributed by atoms with E-state index in [1.165, 1.54) is 7.11 Å². The lowest BCUT2D eigenvalue weighted by Crippen LogP contribution is -2.38. The van der Waals surface area contributed by atoms with Crippen molar-refractivity contribution in [1.82, 2.24) is 30.1 Å². The summed E-state index contributed by atoms with van der Waals surface area (Å²) in [4.78, 5) is 6.44. The topological polar surface area (TPSA) is 111 Å². The van der Waals surface area contributed by atoms with E-state index in [0.29, 0.717) is 42.7 Å². The Morgan fingerprint density at radius 1 is 1.23 bits per heavy atom. The van der Waals surface area contributed by atoms with E-state index in [1.54, 1.807) is 24.1 Å². The Morgan fingerprint density at radius 3 is 2.81 bits per heavy atom. The summed E-state index contributed by atoms with van der Waals surface area (Å²) in [6.45, 7) is 2.80. The number of morpholine rings is 1. The monoisotopic (exact) mass is 421 g/mol. The van der Waals surface area contributed by atoms with Gasteiger partial charge in [0.05, 0.1) is 20.8 Å². The normalized spacial score (nSPS) is 16.6. The second-order valence-electron chi connectivity index (χ2n) is 7.14. The highest BCUT2D eigenvalue weighted by Crippen LogP contribution is 2.36. The zero-order chi connectivity index (χ0) is 21.8. The molecule has 1 aromatic carbocycles. The first-order valence-corrected chi connectivity index (χ1v) is 9.81. The highest BCUT2D eigenvalue weighted by atomic mass is 16.5. The van der Waals surface area contributed by atoms with Crippen LogP contribution in [0.15, 0.2) is 30.5 Å². The molecule has 10 heteroatoms. The van der Waals surface area contributed by atoms with Gasteiger partial charge in [-0.25, -0.2) is 9.67 Å². The molecule has 0 radical (unpaired) electrons. The number of methoxy groups -OCH3 is 2. The van der Waals surface area contributed by atoms with Crippen LogP contribution in [0, 0.1) is 11.3 Å². The largest absolute Gasteiger partial charge is 0.496 e. The molecule has 1 unspecified atom stereocenters. The van der Waals surface area contributed by atoms with Crippen LogP contribution in [0.25, 0.3) is 11.1 Å². The summed E-state index contributed by atoms with van der Waals surface area (Å²) in [5.74, 6) is 1.68. The lowest BCUT2D eigenvalue weighted by atomic mass is 9.98. The first-order valence-electron chi connectivity index (χ1n) is 9.81. The third-order valence-corrected chi connectivity index (χ3v) is 5.27. The molecule has 0 saturated carbocycles. The van der Waals surface area contributed by atoms with E-state index >= 15 is 0 Å². The van der Waals surface area contributed by atoms with Crippen LogP contribution in [-0.2, 0) is 18.3 Å². The molecule has 0 amide bonds. The second-order valence-corrected chi connectivity index (χ2v) is 7.14. The van der Waals surface area contributed by atoms with E-state index < -0.39 is 0 Å². The Labute approximate surface area is 180 Å². The highest BCUT2D eigenvalue weighted by Gasteiger charge is 2.26. The number of hydrogen-bond donors (Lipinski definition) is 0. The van der Waals surface area contributed by atoms with Gasteiger partial charge in [-0.15, -0.1) is 5.10 Å². The summed E-state index contributed by atoms with van der Waals surface area (Å²) in [5.41, 5.74) is 3.01. The van der Waals surface area contributed by atoms with Gasteiger partial charge in [0, 0.05) is 44.0 Å². The average Bonchev–Trinajstić information content (AvgIpc) is 3.24. The lowest BCUT2D eigenvalue weighted by Gasteiger charge is -2.32. The number of aryl methyl sites for hydroxylation is 1. The van der Waals surface area contributed by atoms with Crippen molar-refractivity contribution in [2.75, 3.05) is 33.9 Å². The van der Waals surface area contributed by atoms with Gasteiger partial charge in [0.1, 0.15) is 23.5 Å². The Kier molecular flexibility index (Phi) is 6.06. The number of ether oxygens (including phenoxy) is 3. The Bertz CT molecular complexity index is 1110. The quantitative estimate of drug-likeness (QED) is 0.587. The smallest absolute Gasteiger partial charge is 0.232 e. The first kappa shape index (κ1) is 20.7. The molecule has 3 aromatic rings. The fraction of sp³-hybridized carbons (Fsp3) is 0.381. The molecule has 0 aliphatic carbocycles. The van der Waals surface area contributed by atoms with Gasteiger partial charge in [0.2, 0.25) is 5.88 Å². The summed E-state index contributed by atoms with van der Waals surface area (Å²) in [7, 11) is 4.93. The fourth-order valence-corrected chi connectivity index (χ4v) is 3.76. The van der Waals surface area contributed by atoms with Gasteiger partial charge in [0.15, 0.2) is 5.82 Å². The first-order chi connectivity index (χ1) is 15.1. The molecular formula is C21H23N7O3. The van der Waals surface area contributed by atoms with Crippen LogP contribution in [-0.4, -0.2) is 64.0 Å². The van der Waals surface area contributed by atoms with Gasteiger partial charge < -0.3 is 14.2 Å². The van der Waals surface area contributed by atoms with Crippen molar-refractivity contribution in [3.63, 3.8) is 0 Å². The predicted molar refractivity (Wildman–Crippen MR) is 110 cm³/mol. The van der Waals surface area contributed by atoms with Crippen LogP contribution < -0.4 is 9.47 Å². The Morgan fingerprint density at radius 2 is 2.10 bits per heavy atom. The van der Waals surface area contributed by atoms with Crippen LogP contribution in [0.4, 0.5) is 0 Å². The number of tetrazole rings is 1. The van der Waals surface area contributed by atoms with Crippen molar-refractivity contribution < 1.29 is 14.2 Å². The maximum absolute atomic E-state index is 9.68. The number of nitriles is 1. The number of rotatable bonds is 6. The molecule has 1 aliphatic rings. The summed E-state index contributed by atoms with van der Waals surface area (Å²) in [6, 6.07) is 9.99. The van der Waals surface area contributed by atoms with E-state index in [1.807, 2.05) is 25.2 Å². The van der Waals surface area contributed by atoms with Crippen molar-refractivity contribution in [3.05, 3.63) is 47.4 Å². The number of aromatic nitrogens is 5. The molecule has 0 bridgehead atoms. The number of nitrogens with zero attached hydrogens (tertiary/aromatic N) is 7. The van der Waals surface area contributed by atoms with Crippen LogP contribution in [0.5, 0.6) is 11.6 Å². The van der Waals surface area contributed by atoms with E-state index in [0.717, 1.165) is 23.2 Å². The van der Waals surface area contributed by atoms with Gasteiger partial charge in [-0.3, -0.25) is 4.90 Å². The van der Waals surface area contributed by atoms with Gasteiger partial charge >= 0.3 is 0 Å². The molecule has 1 aliphatic heterocycles. The molecule has 2 aromatic heterocycles. The maximum atomic E-state index is 9.68. The minimum Gasteiger partial charge on any atom is -0.496 e. The minimum absolute atomic E-state index is 0.180. The van der Waals surface area contributed by atoms with Gasteiger partial charge in [-0.1, -0.05) is 6.07 Å². The molecular weight excluding hydrogens is 398 g/mol. The maximum Gasteiger partial charge on any atom is 0.232 e. The van der Waals surface area contributed by atoms with Crippen molar-refractivity contribution in [2.45, 2.75) is 12.6 Å². The molecule has 1 saturated heterocycles.